The molecular formula is C23H26F3N5O2. The highest BCUT2D eigenvalue weighted by molar-refractivity contribution is 5.99. The van der Waals surface area contributed by atoms with Gasteiger partial charge >= 0.3 is 6.18 Å². The molecule has 2 fully saturated rings. The number of hydrogen-bond acceptors (Lipinski definition) is 4. The van der Waals surface area contributed by atoms with Crippen molar-refractivity contribution in [3.63, 3.8) is 0 Å². The number of fused-ring (bicyclic) bond motifs is 1. The quantitative estimate of drug-likeness (QED) is 0.560. The van der Waals surface area contributed by atoms with E-state index in [0.717, 1.165) is 29.2 Å². The van der Waals surface area contributed by atoms with Crippen LogP contribution in [0.25, 0.3) is 5.52 Å². The largest absolute Gasteiger partial charge is 0.473 e. The molecule has 0 saturated heterocycles. The van der Waals surface area contributed by atoms with Crippen LogP contribution in [0.2, 0.25) is 0 Å². The minimum Gasteiger partial charge on any atom is -0.473 e. The summed E-state index contributed by atoms with van der Waals surface area (Å²) in [5.41, 5.74) is 0.954. The number of rotatable bonds is 7. The molecule has 0 aromatic carbocycles. The summed E-state index contributed by atoms with van der Waals surface area (Å²) in [5.74, 6) is -0.635. The van der Waals surface area contributed by atoms with Crippen LogP contribution in [0.3, 0.4) is 0 Å². The molecule has 0 radical (unpaired) electrons. The van der Waals surface area contributed by atoms with Gasteiger partial charge in [0.05, 0.1) is 11.6 Å². The number of nitrogens with zero attached hydrogens (tertiary/aromatic N) is 4. The predicted molar refractivity (Wildman–Crippen MR) is 114 cm³/mol. The number of aryl methyl sites for hydroxylation is 1. The van der Waals surface area contributed by atoms with Crippen molar-refractivity contribution in [2.75, 3.05) is 0 Å². The van der Waals surface area contributed by atoms with Crippen molar-refractivity contribution in [2.24, 2.45) is 5.92 Å². The summed E-state index contributed by atoms with van der Waals surface area (Å²) < 4.78 is 48.9. The zero-order valence-electron chi connectivity index (χ0n) is 18.5. The number of nitrogens with one attached hydrogen (secondary N) is 1. The Morgan fingerprint density at radius 1 is 1.30 bits per heavy atom. The molecule has 3 aromatic rings. The normalized spacial score (nSPS) is 21.6. The van der Waals surface area contributed by atoms with E-state index in [9.17, 15) is 18.0 Å². The molecule has 3 aromatic heterocycles. The zero-order chi connectivity index (χ0) is 23.3. The van der Waals surface area contributed by atoms with E-state index in [4.69, 9.17) is 4.74 Å². The number of ether oxygens (including phenoxy) is 1. The van der Waals surface area contributed by atoms with E-state index >= 15 is 0 Å². The first-order valence-electron chi connectivity index (χ1n) is 11.3. The summed E-state index contributed by atoms with van der Waals surface area (Å²) in [4.78, 5) is 16.3. The van der Waals surface area contributed by atoms with E-state index < -0.39 is 17.9 Å². The second kappa shape index (κ2) is 8.07. The maximum atomic E-state index is 13.3. The minimum absolute atomic E-state index is 0.102. The van der Waals surface area contributed by atoms with E-state index in [2.05, 4.69) is 15.4 Å². The SMILES string of the molecule is Cc1cn(C2CC2)nc1OC1CC(C[C@H](C)NC(=O)c2nc(C(F)(F)F)n3ccccc23)C1. The number of imidazole rings is 1. The number of carbonyl (C=O) groups is 1. The maximum Gasteiger partial charge on any atom is 0.450 e. The molecule has 1 amide bonds. The van der Waals surface area contributed by atoms with Gasteiger partial charge in [0.25, 0.3) is 5.91 Å². The van der Waals surface area contributed by atoms with Crippen LogP contribution in [0, 0.1) is 12.8 Å². The van der Waals surface area contributed by atoms with Gasteiger partial charge in [-0.2, -0.15) is 13.2 Å². The molecule has 1 N–H and O–H groups in total. The number of pyridine rings is 1. The van der Waals surface area contributed by atoms with Gasteiger partial charge in [0, 0.05) is 24.0 Å². The average Bonchev–Trinajstić information content (AvgIpc) is 3.39. The molecule has 2 aliphatic carbocycles. The van der Waals surface area contributed by atoms with Crippen LogP contribution >= 0.6 is 0 Å². The maximum absolute atomic E-state index is 13.3. The molecule has 5 rings (SSSR count). The van der Waals surface area contributed by atoms with E-state index in [1.54, 1.807) is 6.07 Å². The van der Waals surface area contributed by atoms with Gasteiger partial charge in [-0.1, -0.05) is 6.07 Å². The molecule has 0 bridgehead atoms. The smallest absolute Gasteiger partial charge is 0.450 e. The van der Waals surface area contributed by atoms with Gasteiger partial charge in [0.15, 0.2) is 5.69 Å². The Balaban J connectivity index is 1.15. The first-order valence-corrected chi connectivity index (χ1v) is 11.3. The first-order chi connectivity index (χ1) is 15.7. The van der Waals surface area contributed by atoms with Crippen LogP contribution in [0.5, 0.6) is 5.88 Å². The number of amides is 1. The van der Waals surface area contributed by atoms with Crippen molar-refractivity contribution in [2.45, 2.75) is 70.3 Å². The lowest BCUT2D eigenvalue weighted by molar-refractivity contribution is -0.145. The van der Waals surface area contributed by atoms with E-state index in [0.29, 0.717) is 17.8 Å². The standard InChI is InChI=1S/C23H26F3N5O2/c1-13-12-31(16-6-7-16)29-21(13)33-17-10-15(11-17)9-14(2)27-20(32)19-18-5-3-4-8-30(18)22(28-19)23(24,25)26/h3-5,8,12,14-17H,6-7,9-11H2,1-2H3,(H,27,32)/t14-,15?,17?/m0/s1. The summed E-state index contributed by atoms with van der Waals surface area (Å²) >= 11 is 0. The van der Waals surface area contributed by atoms with Crippen molar-refractivity contribution in [3.8, 4) is 5.88 Å². The van der Waals surface area contributed by atoms with Gasteiger partial charge in [-0.3, -0.25) is 13.9 Å². The van der Waals surface area contributed by atoms with Crippen LogP contribution < -0.4 is 10.1 Å². The molecule has 0 unspecified atom stereocenters. The molecule has 2 aliphatic rings. The van der Waals surface area contributed by atoms with Crippen molar-refractivity contribution < 1.29 is 22.7 Å². The van der Waals surface area contributed by atoms with E-state index in [-0.39, 0.29) is 23.4 Å². The number of carbonyl (C=O) groups excluding carboxylic acids is 1. The van der Waals surface area contributed by atoms with Crippen LogP contribution in [0.15, 0.2) is 30.6 Å². The number of alkyl halides is 3. The molecule has 1 atom stereocenters. The molecule has 10 heteroatoms. The van der Waals surface area contributed by atoms with Crippen molar-refractivity contribution in [1.82, 2.24) is 24.5 Å². The topological polar surface area (TPSA) is 73.4 Å². The summed E-state index contributed by atoms with van der Waals surface area (Å²) in [7, 11) is 0. The number of hydrogen-bond donors (Lipinski definition) is 1. The average molecular weight is 461 g/mol. The fourth-order valence-corrected chi connectivity index (χ4v) is 4.49. The molecule has 0 spiro atoms. The number of halogens is 3. The predicted octanol–water partition coefficient (Wildman–Crippen LogP) is 4.56. The lowest BCUT2D eigenvalue weighted by atomic mass is 9.78. The molecule has 3 heterocycles. The molecular weight excluding hydrogens is 435 g/mol. The Bertz CT molecular complexity index is 1170. The summed E-state index contributed by atoms with van der Waals surface area (Å²) in [5, 5.41) is 7.36. The lowest BCUT2D eigenvalue weighted by Crippen LogP contribution is -2.40. The zero-order valence-corrected chi connectivity index (χ0v) is 18.5. The Morgan fingerprint density at radius 3 is 2.76 bits per heavy atom. The van der Waals surface area contributed by atoms with Gasteiger partial charge in [-0.05, 0) is 64.0 Å². The minimum atomic E-state index is -4.65. The van der Waals surface area contributed by atoms with Crippen LogP contribution in [0.1, 0.15) is 66.9 Å². The van der Waals surface area contributed by atoms with Gasteiger partial charge in [0.2, 0.25) is 11.7 Å². The highest BCUT2D eigenvalue weighted by Gasteiger charge is 2.38. The van der Waals surface area contributed by atoms with Crippen molar-refractivity contribution in [1.29, 1.82) is 0 Å². The third kappa shape index (κ3) is 4.43. The Kier molecular flexibility index (Phi) is 5.33. The second-order valence-corrected chi connectivity index (χ2v) is 9.25. The second-order valence-electron chi connectivity index (χ2n) is 9.25. The molecule has 176 valence electrons. The first kappa shape index (κ1) is 21.8. The van der Waals surface area contributed by atoms with E-state index in [1.807, 2.05) is 24.7 Å². The summed E-state index contributed by atoms with van der Waals surface area (Å²) in [6.45, 7) is 3.86. The third-order valence-corrected chi connectivity index (χ3v) is 6.34. The van der Waals surface area contributed by atoms with Gasteiger partial charge in [0.1, 0.15) is 6.10 Å². The lowest BCUT2D eigenvalue weighted by Gasteiger charge is -2.36. The molecule has 33 heavy (non-hydrogen) atoms. The highest BCUT2D eigenvalue weighted by Crippen LogP contribution is 2.38. The van der Waals surface area contributed by atoms with Crippen molar-refractivity contribution in [3.05, 3.63) is 47.7 Å². The molecule has 7 nitrogen and oxygen atoms in total. The van der Waals surface area contributed by atoms with Crippen LogP contribution in [-0.4, -0.2) is 37.2 Å². The third-order valence-electron chi connectivity index (χ3n) is 6.34. The van der Waals surface area contributed by atoms with Crippen LogP contribution in [0.4, 0.5) is 13.2 Å². The number of aromatic nitrogens is 4. The fraction of sp³-hybridized carbons (Fsp3) is 0.522. The highest BCUT2D eigenvalue weighted by atomic mass is 19.4. The van der Waals surface area contributed by atoms with Gasteiger partial charge in [-0.15, -0.1) is 5.10 Å². The van der Waals surface area contributed by atoms with E-state index in [1.165, 1.54) is 31.2 Å². The monoisotopic (exact) mass is 461 g/mol. The van der Waals surface area contributed by atoms with Gasteiger partial charge < -0.3 is 10.1 Å². The molecule has 0 aliphatic heterocycles. The van der Waals surface area contributed by atoms with Crippen LogP contribution in [-0.2, 0) is 6.18 Å². The summed E-state index contributed by atoms with van der Waals surface area (Å²) in [6, 6.07) is 4.83. The van der Waals surface area contributed by atoms with Crippen molar-refractivity contribution >= 4 is 11.4 Å². The van der Waals surface area contributed by atoms with Gasteiger partial charge in [-0.25, -0.2) is 4.98 Å². The fourth-order valence-electron chi connectivity index (χ4n) is 4.49. The Morgan fingerprint density at radius 2 is 2.06 bits per heavy atom. The Hall–Kier alpha value is -3.04. The summed E-state index contributed by atoms with van der Waals surface area (Å²) in [6.07, 6.45) is 3.53. The molecule has 2 saturated carbocycles. The Labute approximate surface area is 188 Å².